The normalized spacial score (nSPS) is 23.3. The summed E-state index contributed by atoms with van der Waals surface area (Å²) in [6.45, 7) is 4.06. The van der Waals surface area contributed by atoms with E-state index in [4.69, 9.17) is 14.5 Å². The first kappa shape index (κ1) is 22.1. The summed E-state index contributed by atoms with van der Waals surface area (Å²) in [6.07, 6.45) is 10.2. The molecule has 7 nitrogen and oxygen atoms in total. The van der Waals surface area contributed by atoms with Crippen molar-refractivity contribution in [2.45, 2.75) is 56.9 Å². The van der Waals surface area contributed by atoms with Gasteiger partial charge >= 0.3 is 5.97 Å². The quantitative estimate of drug-likeness (QED) is 0.645. The molecule has 2 aromatic heterocycles. The van der Waals surface area contributed by atoms with Gasteiger partial charge in [0.25, 0.3) is 0 Å². The highest BCUT2D eigenvalue weighted by molar-refractivity contribution is 5.87. The monoisotopic (exact) mass is 450 g/mol. The maximum absolute atomic E-state index is 11.6. The number of esters is 1. The van der Waals surface area contributed by atoms with Gasteiger partial charge in [0.05, 0.1) is 26.1 Å². The number of anilines is 1. The molecule has 1 saturated carbocycles. The van der Waals surface area contributed by atoms with E-state index in [1.54, 1.807) is 19.4 Å². The Morgan fingerprint density at radius 1 is 1.06 bits per heavy atom. The van der Waals surface area contributed by atoms with Crippen LogP contribution in [-0.4, -0.2) is 67.3 Å². The number of aryl methyl sites for hydroxylation is 1. The summed E-state index contributed by atoms with van der Waals surface area (Å²) in [5.74, 6) is 1.00. The smallest absolute Gasteiger partial charge is 0.356 e. The van der Waals surface area contributed by atoms with Gasteiger partial charge in [-0.3, -0.25) is 4.90 Å². The van der Waals surface area contributed by atoms with Crippen LogP contribution < -0.4 is 9.64 Å². The highest BCUT2D eigenvalue weighted by Crippen LogP contribution is 2.39. The topological polar surface area (TPSA) is 67.8 Å². The zero-order chi connectivity index (χ0) is 22.8. The molecule has 1 saturated heterocycles. The molecule has 2 fully saturated rings. The number of carbonyl (C=O) groups is 1. The number of rotatable bonds is 5. The van der Waals surface area contributed by atoms with E-state index in [1.807, 2.05) is 6.07 Å². The molecule has 3 aliphatic rings. The fourth-order valence-corrected chi connectivity index (χ4v) is 5.81. The molecule has 33 heavy (non-hydrogen) atoms. The number of nitrogens with zero attached hydrogens (tertiary/aromatic N) is 4. The van der Waals surface area contributed by atoms with Crippen molar-refractivity contribution in [2.75, 3.05) is 45.3 Å². The zero-order valence-corrected chi connectivity index (χ0v) is 19.8. The van der Waals surface area contributed by atoms with E-state index in [-0.39, 0.29) is 0 Å². The number of methoxy groups -OCH3 is 2. The van der Waals surface area contributed by atoms with Crippen LogP contribution in [0, 0.1) is 0 Å². The minimum atomic E-state index is -0.395. The third-order valence-electron chi connectivity index (χ3n) is 7.68. The highest BCUT2D eigenvalue weighted by atomic mass is 16.5. The molecular weight excluding hydrogens is 416 g/mol. The molecule has 176 valence electrons. The Hall–Kier alpha value is -2.67. The van der Waals surface area contributed by atoms with Gasteiger partial charge in [-0.15, -0.1) is 0 Å². The molecule has 3 heterocycles. The first-order chi connectivity index (χ1) is 16.2. The fraction of sp³-hybridized carbons (Fsp3) is 0.577. The minimum Gasteiger partial charge on any atom is -0.481 e. The van der Waals surface area contributed by atoms with Crippen LogP contribution in [0.1, 0.15) is 65.3 Å². The first-order valence-corrected chi connectivity index (χ1v) is 12.3. The van der Waals surface area contributed by atoms with Crippen LogP contribution in [0.25, 0.3) is 0 Å². The molecule has 5 rings (SSSR count). The van der Waals surface area contributed by atoms with Gasteiger partial charge in [0.2, 0.25) is 5.88 Å². The second-order valence-electron chi connectivity index (χ2n) is 9.48. The number of ether oxygens (including phenoxy) is 2. The van der Waals surface area contributed by atoms with E-state index in [1.165, 1.54) is 56.0 Å². The van der Waals surface area contributed by atoms with Crippen LogP contribution in [0.3, 0.4) is 0 Å². The average molecular weight is 451 g/mol. The number of hydrogen-bond acceptors (Lipinski definition) is 7. The Morgan fingerprint density at radius 3 is 2.61 bits per heavy atom. The lowest BCUT2D eigenvalue weighted by Gasteiger charge is -2.39. The summed E-state index contributed by atoms with van der Waals surface area (Å²) in [5.41, 5.74) is 5.46. The summed E-state index contributed by atoms with van der Waals surface area (Å²) >= 11 is 0. The van der Waals surface area contributed by atoms with Crippen molar-refractivity contribution in [2.24, 2.45) is 0 Å². The Bertz CT molecular complexity index is 969. The third kappa shape index (κ3) is 4.56. The lowest BCUT2D eigenvalue weighted by Crippen LogP contribution is -2.49. The Labute approximate surface area is 196 Å². The second-order valence-corrected chi connectivity index (χ2v) is 9.48. The molecule has 0 aromatic carbocycles. The average Bonchev–Trinajstić information content (AvgIpc) is 3.38. The maximum Gasteiger partial charge on any atom is 0.356 e. The summed E-state index contributed by atoms with van der Waals surface area (Å²) in [4.78, 5) is 25.8. The van der Waals surface area contributed by atoms with Gasteiger partial charge in [-0.1, -0.05) is 0 Å². The molecular formula is C26H34N4O3. The molecule has 0 radical (unpaired) electrons. The Morgan fingerprint density at radius 2 is 1.88 bits per heavy atom. The fourth-order valence-electron chi connectivity index (χ4n) is 5.81. The van der Waals surface area contributed by atoms with Crippen LogP contribution in [-0.2, 0) is 17.6 Å². The number of fused-ring (bicyclic) bond motifs is 1. The predicted octanol–water partition coefficient (Wildman–Crippen LogP) is 3.61. The minimum absolute atomic E-state index is 0.351. The Balaban J connectivity index is 1.19. The summed E-state index contributed by atoms with van der Waals surface area (Å²) in [6, 6.07) is 6.72. The number of pyridine rings is 2. The number of carbonyl (C=O) groups excluding carboxylic acids is 1. The van der Waals surface area contributed by atoms with Crippen LogP contribution >= 0.6 is 0 Å². The molecule has 0 bridgehead atoms. The molecule has 2 aromatic rings. The molecule has 0 spiro atoms. The summed E-state index contributed by atoms with van der Waals surface area (Å²) in [5, 5.41) is 0. The summed E-state index contributed by atoms with van der Waals surface area (Å²) in [7, 11) is 3.14. The molecule has 0 N–H and O–H groups in total. The molecule has 7 heteroatoms. The molecule has 2 aliphatic carbocycles. The molecule has 2 atom stereocenters. The molecule has 1 aliphatic heterocycles. The van der Waals surface area contributed by atoms with Gasteiger partial charge in [-0.25, -0.2) is 14.8 Å². The van der Waals surface area contributed by atoms with Crippen LogP contribution in [0.15, 0.2) is 24.4 Å². The van der Waals surface area contributed by atoms with Crippen LogP contribution in [0.2, 0.25) is 0 Å². The van der Waals surface area contributed by atoms with Gasteiger partial charge in [0.1, 0.15) is 5.69 Å². The van der Waals surface area contributed by atoms with Crippen LogP contribution in [0.4, 0.5) is 5.69 Å². The van der Waals surface area contributed by atoms with Crippen molar-refractivity contribution in [3.8, 4) is 5.88 Å². The van der Waals surface area contributed by atoms with E-state index in [9.17, 15) is 4.79 Å². The van der Waals surface area contributed by atoms with E-state index in [0.29, 0.717) is 17.7 Å². The Kier molecular flexibility index (Phi) is 6.49. The number of aromatic nitrogens is 2. The van der Waals surface area contributed by atoms with E-state index in [2.05, 4.69) is 20.9 Å². The first-order valence-electron chi connectivity index (χ1n) is 12.3. The number of piperazine rings is 1. The van der Waals surface area contributed by atoms with Gasteiger partial charge in [-0.05, 0) is 68.7 Å². The zero-order valence-electron chi connectivity index (χ0n) is 19.8. The van der Waals surface area contributed by atoms with Crippen molar-refractivity contribution >= 4 is 11.7 Å². The lowest BCUT2D eigenvalue weighted by molar-refractivity contribution is 0.0594. The van der Waals surface area contributed by atoms with Crippen molar-refractivity contribution < 1.29 is 14.3 Å². The lowest BCUT2D eigenvalue weighted by atomic mass is 9.90. The molecule has 0 amide bonds. The van der Waals surface area contributed by atoms with E-state index < -0.39 is 5.97 Å². The standard InChI is InChI=1S/C26H34N4O3/c1-32-25-22-6-4-3-5-18(22)16-24(28-25)19-7-8-20(15-19)29-11-13-30(14-12-29)21-9-10-23(27-17-21)26(31)33-2/h9-10,16-17,19-20H,3-8,11-15H2,1-2H3. The highest BCUT2D eigenvalue weighted by Gasteiger charge is 2.33. The summed E-state index contributed by atoms with van der Waals surface area (Å²) < 4.78 is 10.4. The number of hydrogen-bond donors (Lipinski definition) is 0. The van der Waals surface area contributed by atoms with E-state index in [0.717, 1.165) is 50.6 Å². The SMILES string of the molecule is COC(=O)c1ccc(N2CCN(C3CCC(c4cc5c(c(OC)n4)CCCC5)C3)CC2)cn1. The van der Waals surface area contributed by atoms with Crippen molar-refractivity contribution in [1.82, 2.24) is 14.9 Å². The maximum atomic E-state index is 11.6. The van der Waals surface area contributed by atoms with Gasteiger partial charge < -0.3 is 14.4 Å². The van der Waals surface area contributed by atoms with E-state index >= 15 is 0 Å². The van der Waals surface area contributed by atoms with Gasteiger partial charge in [0.15, 0.2) is 0 Å². The van der Waals surface area contributed by atoms with Crippen molar-refractivity contribution in [3.05, 3.63) is 46.9 Å². The second kappa shape index (κ2) is 9.67. The predicted molar refractivity (Wildman–Crippen MR) is 127 cm³/mol. The third-order valence-corrected chi connectivity index (χ3v) is 7.68. The largest absolute Gasteiger partial charge is 0.481 e. The van der Waals surface area contributed by atoms with Crippen molar-refractivity contribution in [3.63, 3.8) is 0 Å². The van der Waals surface area contributed by atoms with Crippen LogP contribution in [0.5, 0.6) is 5.88 Å². The van der Waals surface area contributed by atoms with Crippen molar-refractivity contribution in [1.29, 1.82) is 0 Å². The van der Waals surface area contributed by atoms with Gasteiger partial charge in [-0.2, -0.15) is 0 Å². The molecule has 2 unspecified atom stereocenters. The van der Waals surface area contributed by atoms with Gasteiger partial charge in [0, 0.05) is 49.4 Å².